The summed E-state index contributed by atoms with van der Waals surface area (Å²) in [4.78, 5) is 12.4. The number of halogens is 2. The number of amides is 1. The zero-order chi connectivity index (χ0) is 18.9. The predicted octanol–water partition coefficient (Wildman–Crippen LogP) is 5.72. The minimum absolute atomic E-state index is 0.0624. The Labute approximate surface area is 163 Å². The first-order chi connectivity index (χ1) is 12.5. The van der Waals surface area contributed by atoms with Gasteiger partial charge in [0, 0.05) is 21.3 Å². The van der Waals surface area contributed by atoms with Gasteiger partial charge in [-0.2, -0.15) is 5.26 Å². The maximum atomic E-state index is 12.4. The number of nitrogens with zero attached hydrogens (tertiary/aromatic N) is 1. The van der Waals surface area contributed by atoms with Gasteiger partial charge in [0.2, 0.25) is 0 Å². The lowest BCUT2D eigenvalue weighted by molar-refractivity contribution is -0.112. The van der Waals surface area contributed by atoms with Crippen molar-refractivity contribution in [3.63, 3.8) is 0 Å². The fraction of sp³-hybridized carbons (Fsp3) is 0.200. The van der Waals surface area contributed by atoms with Crippen LogP contribution >= 0.6 is 23.2 Å². The van der Waals surface area contributed by atoms with Gasteiger partial charge in [0.05, 0.1) is 6.61 Å². The molecule has 0 radical (unpaired) electrons. The zero-order valence-electron chi connectivity index (χ0n) is 14.3. The van der Waals surface area contributed by atoms with E-state index in [4.69, 9.17) is 27.9 Å². The largest absolute Gasteiger partial charge is 0.493 e. The molecule has 0 bridgehead atoms. The number of hydrogen-bond donors (Lipinski definition) is 1. The van der Waals surface area contributed by atoms with Gasteiger partial charge in [0.25, 0.3) is 5.91 Å². The maximum absolute atomic E-state index is 12.4. The Morgan fingerprint density at radius 1 is 1.23 bits per heavy atom. The summed E-state index contributed by atoms with van der Waals surface area (Å²) < 4.78 is 5.73. The first-order valence-corrected chi connectivity index (χ1v) is 8.90. The number of nitriles is 1. The molecule has 0 aliphatic carbocycles. The summed E-state index contributed by atoms with van der Waals surface area (Å²) in [5.41, 5.74) is 1.02. The molecule has 0 aromatic heterocycles. The Morgan fingerprint density at radius 2 is 2.00 bits per heavy atom. The summed E-state index contributed by atoms with van der Waals surface area (Å²) in [7, 11) is 0. The van der Waals surface area contributed by atoms with Gasteiger partial charge in [-0.25, -0.2) is 0 Å². The second-order valence-corrected chi connectivity index (χ2v) is 6.39. The molecule has 2 aromatic carbocycles. The van der Waals surface area contributed by atoms with Crippen LogP contribution in [0.15, 0.2) is 48.0 Å². The molecule has 26 heavy (non-hydrogen) atoms. The summed E-state index contributed by atoms with van der Waals surface area (Å²) in [5.74, 6) is 0.0420. The molecular formula is C20H18Cl2N2O2. The van der Waals surface area contributed by atoms with Gasteiger partial charge in [-0.15, -0.1) is 0 Å². The van der Waals surface area contributed by atoms with E-state index in [0.29, 0.717) is 33.7 Å². The molecule has 1 N–H and O–H groups in total. The van der Waals surface area contributed by atoms with Crippen LogP contribution in [0.3, 0.4) is 0 Å². The number of benzene rings is 2. The first-order valence-electron chi connectivity index (χ1n) is 8.14. The van der Waals surface area contributed by atoms with E-state index in [1.165, 1.54) is 6.08 Å². The van der Waals surface area contributed by atoms with Crippen molar-refractivity contribution in [2.45, 2.75) is 19.8 Å². The monoisotopic (exact) mass is 388 g/mol. The Bertz CT molecular complexity index is 857. The summed E-state index contributed by atoms with van der Waals surface area (Å²) in [6.07, 6.45) is 3.38. The van der Waals surface area contributed by atoms with Gasteiger partial charge in [0.15, 0.2) is 0 Å². The molecule has 2 aromatic rings. The molecule has 0 fully saturated rings. The van der Waals surface area contributed by atoms with Crippen molar-refractivity contribution in [3.8, 4) is 11.8 Å². The first kappa shape index (κ1) is 19.8. The highest BCUT2D eigenvalue weighted by Gasteiger charge is 2.12. The van der Waals surface area contributed by atoms with E-state index in [1.54, 1.807) is 42.5 Å². The van der Waals surface area contributed by atoms with Crippen molar-refractivity contribution in [2.75, 3.05) is 11.9 Å². The van der Waals surface area contributed by atoms with E-state index in [-0.39, 0.29) is 5.57 Å². The highest BCUT2D eigenvalue weighted by atomic mass is 35.5. The third kappa shape index (κ3) is 5.80. The Balaban J connectivity index is 2.25. The Hall–Kier alpha value is -2.48. The fourth-order valence-electron chi connectivity index (χ4n) is 2.16. The van der Waals surface area contributed by atoms with Crippen LogP contribution in [0, 0.1) is 11.3 Å². The van der Waals surface area contributed by atoms with Gasteiger partial charge < -0.3 is 10.1 Å². The average Bonchev–Trinajstić information content (AvgIpc) is 2.61. The van der Waals surface area contributed by atoms with Crippen LogP contribution in [0.25, 0.3) is 6.08 Å². The second kappa shape index (κ2) is 9.86. The second-order valence-electron chi connectivity index (χ2n) is 5.52. The third-order valence-electron chi connectivity index (χ3n) is 3.47. The predicted molar refractivity (Wildman–Crippen MR) is 106 cm³/mol. The molecule has 0 spiro atoms. The number of ether oxygens (including phenoxy) is 1. The quantitative estimate of drug-likeness (QED) is 0.374. The molecule has 134 valence electrons. The SMILES string of the molecule is CCCCOc1ccc(Cl)cc1/C=C(/C#N)C(=O)Nc1cccc(Cl)c1. The molecular weight excluding hydrogens is 371 g/mol. The minimum Gasteiger partial charge on any atom is -0.493 e. The number of carbonyl (C=O) groups is 1. The van der Waals surface area contributed by atoms with Crippen molar-refractivity contribution in [2.24, 2.45) is 0 Å². The molecule has 1 amide bonds. The molecule has 2 rings (SSSR count). The summed E-state index contributed by atoms with van der Waals surface area (Å²) >= 11 is 12.0. The number of rotatable bonds is 7. The molecule has 0 aliphatic heterocycles. The molecule has 0 aliphatic rings. The van der Waals surface area contributed by atoms with Crippen molar-refractivity contribution in [3.05, 3.63) is 63.6 Å². The highest BCUT2D eigenvalue weighted by Crippen LogP contribution is 2.26. The van der Waals surface area contributed by atoms with Crippen LogP contribution in [0.4, 0.5) is 5.69 Å². The molecule has 4 nitrogen and oxygen atoms in total. The van der Waals surface area contributed by atoms with E-state index < -0.39 is 5.91 Å². The molecule has 0 heterocycles. The standard InChI is InChI=1S/C20H18Cl2N2O2/c1-2-3-9-26-19-8-7-17(22)11-14(19)10-15(13-23)20(25)24-18-6-4-5-16(21)12-18/h4-8,10-12H,2-3,9H2,1H3,(H,24,25)/b15-10-. The van der Waals surface area contributed by atoms with Crippen molar-refractivity contribution >= 4 is 40.9 Å². The van der Waals surface area contributed by atoms with Crippen LogP contribution < -0.4 is 10.1 Å². The van der Waals surface area contributed by atoms with Gasteiger partial charge in [0.1, 0.15) is 17.4 Å². The normalized spacial score (nSPS) is 10.9. The third-order valence-corrected chi connectivity index (χ3v) is 3.94. The van der Waals surface area contributed by atoms with E-state index in [1.807, 2.05) is 6.07 Å². The molecule has 0 atom stereocenters. The van der Waals surface area contributed by atoms with Gasteiger partial charge in [-0.3, -0.25) is 4.79 Å². The Kier molecular flexibility index (Phi) is 7.53. The van der Waals surface area contributed by atoms with Gasteiger partial charge >= 0.3 is 0 Å². The van der Waals surface area contributed by atoms with Crippen LogP contribution in [-0.2, 0) is 4.79 Å². The van der Waals surface area contributed by atoms with E-state index in [0.717, 1.165) is 12.8 Å². The van der Waals surface area contributed by atoms with Crippen molar-refractivity contribution < 1.29 is 9.53 Å². The van der Waals surface area contributed by atoms with Crippen LogP contribution in [-0.4, -0.2) is 12.5 Å². The van der Waals surface area contributed by atoms with Crippen LogP contribution in [0.5, 0.6) is 5.75 Å². The van der Waals surface area contributed by atoms with Gasteiger partial charge in [-0.05, 0) is 48.9 Å². The van der Waals surface area contributed by atoms with E-state index >= 15 is 0 Å². The van der Waals surface area contributed by atoms with Crippen molar-refractivity contribution in [1.82, 2.24) is 0 Å². The fourth-order valence-corrected chi connectivity index (χ4v) is 2.53. The lowest BCUT2D eigenvalue weighted by Crippen LogP contribution is -2.13. The lowest BCUT2D eigenvalue weighted by atomic mass is 10.1. The summed E-state index contributed by atoms with van der Waals surface area (Å²) in [5, 5.41) is 13.0. The summed E-state index contributed by atoms with van der Waals surface area (Å²) in [6.45, 7) is 2.62. The number of carbonyl (C=O) groups excluding carboxylic acids is 1. The topological polar surface area (TPSA) is 62.1 Å². The lowest BCUT2D eigenvalue weighted by Gasteiger charge is -2.10. The van der Waals surface area contributed by atoms with Crippen molar-refractivity contribution in [1.29, 1.82) is 5.26 Å². The molecule has 0 unspecified atom stereocenters. The maximum Gasteiger partial charge on any atom is 0.266 e. The number of nitrogens with one attached hydrogen (secondary N) is 1. The van der Waals surface area contributed by atoms with E-state index in [9.17, 15) is 10.1 Å². The summed E-state index contributed by atoms with van der Waals surface area (Å²) in [6, 6.07) is 13.7. The smallest absolute Gasteiger partial charge is 0.266 e. The average molecular weight is 389 g/mol. The zero-order valence-corrected chi connectivity index (χ0v) is 15.8. The van der Waals surface area contributed by atoms with Gasteiger partial charge in [-0.1, -0.05) is 42.6 Å². The molecule has 0 saturated carbocycles. The minimum atomic E-state index is -0.533. The van der Waals surface area contributed by atoms with Crippen LogP contribution in [0.2, 0.25) is 10.0 Å². The molecule has 6 heteroatoms. The number of unbranched alkanes of at least 4 members (excludes halogenated alkanes) is 1. The molecule has 0 saturated heterocycles. The number of anilines is 1. The van der Waals surface area contributed by atoms with E-state index in [2.05, 4.69) is 12.2 Å². The Morgan fingerprint density at radius 3 is 2.69 bits per heavy atom. The van der Waals surface area contributed by atoms with Crippen LogP contribution in [0.1, 0.15) is 25.3 Å². The number of hydrogen-bond acceptors (Lipinski definition) is 3. The highest BCUT2D eigenvalue weighted by molar-refractivity contribution is 6.31.